The summed E-state index contributed by atoms with van der Waals surface area (Å²) in [7, 11) is 0. The standard InChI is InChI=1S/C22H29N3O3/c1-16-4-5-17(2)25(16)21-8-6-19(7-9-21)22(27)23-12-13-24(18(3)26)20-10-14-28-15-11-20/h4-9,20H,10-15H2,1-3H3,(H,23,27). The van der Waals surface area contributed by atoms with Gasteiger partial charge in [-0.3, -0.25) is 9.59 Å². The van der Waals surface area contributed by atoms with Crippen LogP contribution in [0.15, 0.2) is 36.4 Å². The molecule has 150 valence electrons. The molecule has 1 aliphatic heterocycles. The molecule has 1 saturated heterocycles. The second kappa shape index (κ2) is 9.06. The van der Waals surface area contributed by atoms with Gasteiger partial charge in [0.2, 0.25) is 5.91 Å². The summed E-state index contributed by atoms with van der Waals surface area (Å²) < 4.78 is 7.52. The third kappa shape index (κ3) is 4.62. The summed E-state index contributed by atoms with van der Waals surface area (Å²) in [6, 6.07) is 12.0. The predicted octanol–water partition coefficient (Wildman–Crippen LogP) is 2.85. The number of rotatable bonds is 6. The van der Waals surface area contributed by atoms with Gasteiger partial charge in [0.05, 0.1) is 0 Å². The van der Waals surface area contributed by atoms with E-state index in [1.807, 2.05) is 29.2 Å². The van der Waals surface area contributed by atoms with Crippen LogP contribution in [0, 0.1) is 13.8 Å². The highest BCUT2D eigenvalue weighted by Crippen LogP contribution is 2.17. The number of nitrogens with zero attached hydrogens (tertiary/aromatic N) is 2. The van der Waals surface area contributed by atoms with E-state index in [1.54, 1.807) is 6.92 Å². The Bertz CT molecular complexity index is 801. The molecule has 6 heteroatoms. The van der Waals surface area contributed by atoms with E-state index in [1.165, 1.54) is 0 Å². The number of carbonyl (C=O) groups excluding carboxylic acids is 2. The molecule has 0 saturated carbocycles. The third-order valence-corrected chi connectivity index (χ3v) is 5.33. The SMILES string of the molecule is CC(=O)N(CCNC(=O)c1ccc(-n2c(C)ccc2C)cc1)C1CCOCC1. The van der Waals surface area contributed by atoms with Crippen LogP contribution in [0.4, 0.5) is 0 Å². The average molecular weight is 383 g/mol. The highest BCUT2D eigenvalue weighted by molar-refractivity contribution is 5.94. The maximum absolute atomic E-state index is 12.5. The van der Waals surface area contributed by atoms with Gasteiger partial charge < -0.3 is 19.5 Å². The number of hydrogen-bond acceptors (Lipinski definition) is 3. The number of carbonyl (C=O) groups is 2. The van der Waals surface area contributed by atoms with Gasteiger partial charge in [-0.1, -0.05) is 0 Å². The summed E-state index contributed by atoms with van der Waals surface area (Å²) in [5.41, 5.74) is 3.98. The van der Waals surface area contributed by atoms with Crippen molar-refractivity contribution in [2.45, 2.75) is 39.7 Å². The number of amides is 2. The van der Waals surface area contributed by atoms with E-state index in [-0.39, 0.29) is 17.9 Å². The molecule has 1 aromatic heterocycles. The van der Waals surface area contributed by atoms with E-state index in [4.69, 9.17) is 4.74 Å². The van der Waals surface area contributed by atoms with Crippen molar-refractivity contribution in [1.29, 1.82) is 0 Å². The molecule has 0 unspecified atom stereocenters. The lowest BCUT2D eigenvalue weighted by Crippen LogP contribution is -2.46. The van der Waals surface area contributed by atoms with Crippen molar-refractivity contribution in [2.75, 3.05) is 26.3 Å². The molecule has 2 amide bonds. The molecule has 2 aromatic rings. The molecule has 6 nitrogen and oxygen atoms in total. The van der Waals surface area contributed by atoms with Crippen molar-refractivity contribution >= 4 is 11.8 Å². The molecule has 2 heterocycles. The van der Waals surface area contributed by atoms with E-state index in [0.29, 0.717) is 31.9 Å². The predicted molar refractivity (Wildman–Crippen MR) is 109 cm³/mol. The molecule has 0 aliphatic carbocycles. The molecule has 0 radical (unpaired) electrons. The Hall–Kier alpha value is -2.60. The first kappa shape index (κ1) is 20.1. The minimum absolute atomic E-state index is 0.0444. The highest BCUT2D eigenvalue weighted by atomic mass is 16.5. The Morgan fingerprint density at radius 1 is 1.07 bits per heavy atom. The van der Waals surface area contributed by atoms with Gasteiger partial charge in [0.25, 0.3) is 5.91 Å². The zero-order valence-electron chi connectivity index (χ0n) is 16.9. The van der Waals surface area contributed by atoms with Gasteiger partial charge in [-0.25, -0.2) is 0 Å². The number of benzene rings is 1. The van der Waals surface area contributed by atoms with Crippen molar-refractivity contribution in [2.24, 2.45) is 0 Å². The third-order valence-electron chi connectivity index (χ3n) is 5.33. The minimum atomic E-state index is -0.122. The molecule has 0 atom stereocenters. The topological polar surface area (TPSA) is 63.6 Å². The molecule has 3 rings (SSSR count). The van der Waals surface area contributed by atoms with Crippen LogP contribution in [0.25, 0.3) is 5.69 Å². The second-order valence-corrected chi connectivity index (χ2v) is 7.31. The first-order chi connectivity index (χ1) is 13.5. The second-order valence-electron chi connectivity index (χ2n) is 7.31. The zero-order valence-corrected chi connectivity index (χ0v) is 16.9. The van der Waals surface area contributed by atoms with Gasteiger partial charge in [0, 0.05) is 61.9 Å². The Kier molecular flexibility index (Phi) is 6.52. The summed E-state index contributed by atoms with van der Waals surface area (Å²) >= 11 is 0. The van der Waals surface area contributed by atoms with Crippen LogP contribution in [0.2, 0.25) is 0 Å². The molecule has 1 aliphatic rings. The van der Waals surface area contributed by atoms with Crippen LogP contribution >= 0.6 is 0 Å². The Morgan fingerprint density at radius 2 is 1.68 bits per heavy atom. The monoisotopic (exact) mass is 383 g/mol. The van der Waals surface area contributed by atoms with Crippen LogP contribution in [0.1, 0.15) is 41.5 Å². The highest BCUT2D eigenvalue weighted by Gasteiger charge is 2.23. The number of nitrogens with one attached hydrogen (secondary N) is 1. The van der Waals surface area contributed by atoms with Crippen molar-refractivity contribution < 1.29 is 14.3 Å². The summed E-state index contributed by atoms with van der Waals surface area (Å²) in [4.78, 5) is 26.3. The maximum atomic E-state index is 12.5. The number of ether oxygens (including phenoxy) is 1. The van der Waals surface area contributed by atoms with E-state index in [9.17, 15) is 9.59 Å². The lowest BCUT2D eigenvalue weighted by atomic mass is 10.1. The molecule has 28 heavy (non-hydrogen) atoms. The fourth-order valence-corrected chi connectivity index (χ4v) is 3.82. The van der Waals surface area contributed by atoms with Crippen LogP contribution in [-0.4, -0.2) is 53.6 Å². The fraction of sp³-hybridized carbons (Fsp3) is 0.455. The first-order valence-electron chi connectivity index (χ1n) is 9.86. The van der Waals surface area contributed by atoms with Crippen molar-refractivity contribution in [3.8, 4) is 5.69 Å². The Morgan fingerprint density at radius 3 is 2.25 bits per heavy atom. The lowest BCUT2D eigenvalue weighted by Gasteiger charge is -2.33. The van der Waals surface area contributed by atoms with Crippen LogP contribution < -0.4 is 5.32 Å². The summed E-state index contributed by atoms with van der Waals surface area (Å²) in [6.45, 7) is 8.04. The van der Waals surface area contributed by atoms with Crippen molar-refractivity contribution in [1.82, 2.24) is 14.8 Å². The van der Waals surface area contributed by atoms with Gasteiger partial charge in [-0.2, -0.15) is 0 Å². The Labute approximate surface area is 166 Å². The van der Waals surface area contributed by atoms with Gasteiger partial charge in [0.1, 0.15) is 0 Å². The van der Waals surface area contributed by atoms with Crippen LogP contribution in [0.3, 0.4) is 0 Å². The lowest BCUT2D eigenvalue weighted by molar-refractivity contribution is -0.132. The normalized spacial score (nSPS) is 14.7. The van der Waals surface area contributed by atoms with Crippen molar-refractivity contribution in [3.63, 3.8) is 0 Å². The molecule has 1 aromatic carbocycles. The summed E-state index contributed by atoms with van der Waals surface area (Å²) in [6.07, 6.45) is 1.71. The Balaban J connectivity index is 1.56. The largest absolute Gasteiger partial charge is 0.381 e. The van der Waals surface area contributed by atoms with E-state index in [2.05, 4.69) is 35.9 Å². The maximum Gasteiger partial charge on any atom is 0.251 e. The van der Waals surface area contributed by atoms with E-state index >= 15 is 0 Å². The van der Waals surface area contributed by atoms with Gasteiger partial charge in [-0.15, -0.1) is 0 Å². The average Bonchev–Trinajstić information content (AvgIpc) is 3.04. The molecule has 0 spiro atoms. The van der Waals surface area contributed by atoms with Crippen molar-refractivity contribution in [3.05, 3.63) is 53.3 Å². The zero-order chi connectivity index (χ0) is 20.1. The summed E-state index contributed by atoms with van der Waals surface area (Å²) in [5.74, 6) is -0.0778. The quantitative estimate of drug-likeness (QED) is 0.834. The van der Waals surface area contributed by atoms with Crippen LogP contribution in [0.5, 0.6) is 0 Å². The smallest absolute Gasteiger partial charge is 0.251 e. The van der Waals surface area contributed by atoms with E-state index < -0.39 is 0 Å². The molecular formula is C22H29N3O3. The van der Waals surface area contributed by atoms with E-state index in [0.717, 1.165) is 29.9 Å². The minimum Gasteiger partial charge on any atom is -0.381 e. The molecular weight excluding hydrogens is 354 g/mol. The van der Waals surface area contributed by atoms with Gasteiger partial charge >= 0.3 is 0 Å². The van der Waals surface area contributed by atoms with Gasteiger partial charge in [0.15, 0.2) is 0 Å². The number of aromatic nitrogens is 1. The van der Waals surface area contributed by atoms with Crippen LogP contribution in [-0.2, 0) is 9.53 Å². The number of aryl methyl sites for hydroxylation is 2. The molecule has 0 bridgehead atoms. The molecule has 1 fully saturated rings. The molecule has 1 N–H and O–H groups in total. The first-order valence-corrected chi connectivity index (χ1v) is 9.86. The van der Waals surface area contributed by atoms with Gasteiger partial charge in [-0.05, 0) is 63.1 Å². The fourth-order valence-electron chi connectivity index (χ4n) is 3.82. The summed E-state index contributed by atoms with van der Waals surface area (Å²) in [5, 5.41) is 2.93. The number of hydrogen-bond donors (Lipinski definition) is 1.